The minimum Gasteiger partial charge on any atom is -0.305 e. The van der Waals surface area contributed by atoms with Gasteiger partial charge in [0, 0.05) is 11.2 Å². The van der Waals surface area contributed by atoms with E-state index in [1.165, 1.54) is 11.8 Å². The van der Waals surface area contributed by atoms with E-state index in [4.69, 9.17) is 5.41 Å². The topological polar surface area (TPSA) is 53.0 Å². The Bertz CT molecular complexity index is 178. The quantitative estimate of drug-likeness (QED) is 0.513. The van der Waals surface area contributed by atoms with E-state index in [-0.39, 0.29) is 17.0 Å². The van der Waals surface area contributed by atoms with Gasteiger partial charge in [0.25, 0.3) is 0 Å². The molecule has 0 aliphatic carbocycles. The summed E-state index contributed by atoms with van der Waals surface area (Å²) in [5, 5.41) is 10.5. The molecule has 0 aliphatic rings. The second-order valence-electron chi connectivity index (χ2n) is 3.14. The summed E-state index contributed by atoms with van der Waals surface area (Å²) in [5.41, 5.74) is 0. The largest absolute Gasteiger partial charge is 0.305 e. The number of hydrogen-bond donors (Lipinski definition) is 2. The Balaban J connectivity index is 3.77. The summed E-state index contributed by atoms with van der Waals surface area (Å²) in [6.07, 6.45) is 0. The highest BCUT2D eigenvalue weighted by Crippen LogP contribution is 2.08. The minimum atomic E-state index is -0.0897. The third-order valence-electron chi connectivity index (χ3n) is 1.11. The third-order valence-corrected chi connectivity index (χ3v) is 1.92. The second kappa shape index (κ2) is 5.19. The van der Waals surface area contributed by atoms with Crippen LogP contribution in [0.5, 0.6) is 0 Å². The number of amidine groups is 1. The van der Waals surface area contributed by atoms with Crippen LogP contribution in [0.15, 0.2) is 0 Å². The van der Waals surface area contributed by atoms with Crippen LogP contribution in [0.25, 0.3) is 0 Å². The molecule has 0 rings (SSSR count). The summed E-state index contributed by atoms with van der Waals surface area (Å²) in [6.45, 7) is 7.59. The molecule has 0 bridgehead atoms. The lowest BCUT2D eigenvalue weighted by atomic mass is 10.2. The molecule has 0 heterocycles. The Morgan fingerprint density at radius 1 is 1.33 bits per heavy atom. The van der Waals surface area contributed by atoms with Crippen molar-refractivity contribution in [3.63, 3.8) is 0 Å². The standard InChI is InChI=1S/C8H16N2OS/c1-5(2)7(11)10-8(9)12-6(3)4/h5-6H,1-4H3,(H2,9,10,11). The first-order valence-corrected chi connectivity index (χ1v) is 4.87. The molecule has 0 saturated heterocycles. The van der Waals surface area contributed by atoms with Crippen molar-refractivity contribution in [3.05, 3.63) is 0 Å². The number of carbonyl (C=O) groups excluding carboxylic acids is 1. The van der Waals surface area contributed by atoms with Crippen LogP contribution in [0.3, 0.4) is 0 Å². The minimum absolute atomic E-state index is 0.0573. The van der Waals surface area contributed by atoms with Crippen LogP contribution in [0.4, 0.5) is 0 Å². The smallest absolute Gasteiger partial charge is 0.228 e. The monoisotopic (exact) mass is 188 g/mol. The lowest BCUT2D eigenvalue weighted by Gasteiger charge is -2.09. The molecule has 0 unspecified atom stereocenters. The summed E-state index contributed by atoms with van der Waals surface area (Å²) in [6, 6.07) is 0. The van der Waals surface area contributed by atoms with Crippen molar-refractivity contribution in [3.8, 4) is 0 Å². The van der Waals surface area contributed by atoms with Crippen LogP contribution in [-0.2, 0) is 4.79 Å². The second-order valence-corrected chi connectivity index (χ2v) is 4.73. The number of thioether (sulfide) groups is 1. The average molecular weight is 188 g/mol. The summed E-state index contributed by atoms with van der Waals surface area (Å²) in [7, 11) is 0. The molecule has 0 spiro atoms. The summed E-state index contributed by atoms with van der Waals surface area (Å²) < 4.78 is 0. The first kappa shape index (κ1) is 11.5. The zero-order valence-corrected chi connectivity index (χ0v) is 8.79. The summed E-state index contributed by atoms with van der Waals surface area (Å²) in [4.78, 5) is 11.1. The van der Waals surface area contributed by atoms with Gasteiger partial charge in [0.2, 0.25) is 5.91 Å². The molecule has 0 aromatic carbocycles. The number of carbonyl (C=O) groups is 1. The predicted octanol–water partition coefficient (Wildman–Crippen LogP) is 1.83. The van der Waals surface area contributed by atoms with E-state index >= 15 is 0 Å². The molecule has 0 aromatic heterocycles. The van der Waals surface area contributed by atoms with E-state index in [1.54, 1.807) is 0 Å². The first-order valence-electron chi connectivity index (χ1n) is 3.99. The molecule has 0 radical (unpaired) electrons. The third kappa shape index (κ3) is 5.18. The maximum Gasteiger partial charge on any atom is 0.228 e. The van der Waals surface area contributed by atoms with Gasteiger partial charge in [0.1, 0.15) is 0 Å². The Kier molecular flexibility index (Phi) is 4.97. The van der Waals surface area contributed by atoms with Gasteiger partial charge in [0.05, 0.1) is 0 Å². The molecule has 0 fully saturated rings. The highest BCUT2D eigenvalue weighted by molar-refractivity contribution is 8.14. The molecule has 3 nitrogen and oxygen atoms in total. The van der Waals surface area contributed by atoms with Crippen molar-refractivity contribution in [2.24, 2.45) is 5.92 Å². The summed E-state index contributed by atoms with van der Waals surface area (Å²) in [5.74, 6) is -0.147. The average Bonchev–Trinajstić information content (AvgIpc) is 1.84. The zero-order chi connectivity index (χ0) is 9.72. The van der Waals surface area contributed by atoms with Crippen molar-refractivity contribution >= 4 is 22.8 Å². The van der Waals surface area contributed by atoms with E-state index in [0.29, 0.717) is 5.25 Å². The normalized spacial score (nSPS) is 10.5. The van der Waals surface area contributed by atoms with Gasteiger partial charge in [0.15, 0.2) is 5.17 Å². The highest BCUT2D eigenvalue weighted by atomic mass is 32.2. The van der Waals surface area contributed by atoms with Crippen molar-refractivity contribution in [1.29, 1.82) is 5.41 Å². The van der Waals surface area contributed by atoms with Gasteiger partial charge in [-0.3, -0.25) is 10.2 Å². The molecule has 1 amide bonds. The van der Waals surface area contributed by atoms with Crippen LogP contribution in [-0.4, -0.2) is 16.3 Å². The maximum absolute atomic E-state index is 11.1. The van der Waals surface area contributed by atoms with E-state index in [9.17, 15) is 4.79 Å². The predicted molar refractivity (Wildman–Crippen MR) is 53.4 cm³/mol. The van der Waals surface area contributed by atoms with Crippen LogP contribution in [0, 0.1) is 11.3 Å². The summed E-state index contributed by atoms with van der Waals surface area (Å²) >= 11 is 1.35. The van der Waals surface area contributed by atoms with Gasteiger partial charge in [-0.1, -0.05) is 39.5 Å². The Hall–Kier alpha value is -0.510. The van der Waals surface area contributed by atoms with Gasteiger partial charge < -0.3 is 5.32 Å². The van der Waals surface area contributed by atoms with Gasteiger partial charge in [-0.15, -0.1) is 0 Å². The van der Waals surface area contributed by atoms with Crippen LogP contribution < -0.4 is 5.32 Å². The van der Waals surface area contributed by atoms with E-state index in [1.807, 2.05) is 27.7 Å². The molecule has 70 valence electrons. The van der Waals surface area contributed by atoms with Crippen molar-refractivity contribution < 1.29 is 4.79 Å². The molecular weight excluding hydrogens is 172 g/mol. The molecule has 0 aliphatic heterocycles. The molecular formula is C8H16N2OS. The lowest BCUT2D eigenvalue weighted by Crippen LogP contribution is -2.31. The van der Waals surface area contributed by atoms with Gasteiger partial charge in [-0.25, -0.2) is 0 Å². The number of nitrogens with one attached hydrogen (secondary N) is 2. The molecule has 0 atom stereocenters. The number of hydrogen-bond acceptors (Lipinski definition) is 3. The van der Waals surface area contributed by atoms with E-state index in [0.717, 1.165) is 0 Å². The Labute approximate surface area is 77.8 Å². The first-order chi connectivity index (χ1) is 5.43. The van der Waals surface area contributed by atoms with Crippen LogP contribution >= 0.6 is 11.8 Å². The van der Waals surface area contributed by atoms with Gasteiger partial charge in [-0.2, -0.15) is 0 Å². The molecule has 4 heteroatoms. The number of rotatable bonds is 2. The van der Waals surface area contributed by atoms with Crippen molar-refractivity contribution in [2.45, 2.75) is 32.9 Å². The molecule has 0 saturated carbocycles. The number of amides is 1. The zero-order valence-electron chi connectivity index (χ0n) is 7.97. The van der Waals surface area contributed by atoms with E-state index < -0.39 is 0 Å². The Morgan fingerprint density at radius 3 is 2.17 bits per heavy atom. The van der Waals surface area contributed by atoms with Crippen molar-refractivity contribution in [2.75, 3.05) is 0 Å². The van der Waals surface area contributed by atoms with Gasteiger partial charge in [-0.05, 0) is 0 Å². The Morgan fingerprint density at radius 2 is 1.83 bits per heavy atom. The van der Waals surface area contributed by atoms with Crippen LogP contribution in [0.2, 0.25) is 0 Å². The van der Waals surface area contributed by atoms with Crippen LogP contribution in [0.1, 0.15) is 27.7 Å². The van der Waals surface area contributed by atoms with Crippen molar-refractivity contribution in [1.82, 2.24) is 5.32 Å². The molecule has 0 aromatic rings. The van der Waals surface area contributed by atoms with E-state index in [2.05, 4.69) is 5.32 Å². The fourth-order valence-corrected chi connectivity index (χ4v) is 1.15. The maximum atomic E-state index is 11.1. The SMILES string of the molecule is CC(C)SC(=N)NC(=O)C(C)C. The molecule has 12 heavy (non-hydrogen) atoms. The fraction of sp³-hybridized carbons (Fsp3) is 0.750. The lowest BCUT2D eigenvalue weighted by molar-refractivity contribution is -0.122. The highest BCUT2D eigenvalue weighted by Gasteiger charge is 2.09. The fourth-order valence-electron chi connectivity index (χ4n) is 0.521. The van der Waals surface area contributed by atoms with Gasteiger partial charge >= 0.3 is 0 Å². The molecule has 2 N–H and O–H groups in total.